The molecule has 1 aromatic carbocycles. The van der Waals surface area contributed by atoms with Crippen molar-refractivity contribution in [1.29, 1.82) is 0 Å². The average Bonchev–Trinajstić information content (AvgIpc) is 2.67. The number of thiophene rings is 1. The fourth-order valence-corrected chi connectivity index (χ4v) is 2.85. The minimum Gasteiger partial charge on any atom is -0.384 e. The van der Waals surface area contributed by atoms with E-state index in [1.54, 1.807) is 11.3 Å². The van der Waals surface area contributed by atoms with Crippen molar-refractivity contribution in [3.05, 3.63) is 55.7 Å². The second kappa shape index (κ2) is 4.70. The van der Waals surface area contributed by atoms with Crippen LogP contribution in [0.15, 0.2) is 34.1 Å². The summed E-state index contributed by atoms with van der Waals surface area (Å²) < 4.78 is 0.953. The second-order valence-electron chi connectivity index (χ2n) is 3.92. The van der Waals surface area contributed by atoms with E-state index >= 15 is 0 Å². The molecule has 84 valence electrons. The third-order valence-electron chi connectivity index (χ3n) is 2.51. The summed E-state index contributed by atoms with van der Waals surface area (Å²) in [6, 6.07) is 8.05. The third kappa shape index (κ3) is 2.37. The van der Waals surface area contributed by atoms with Crippen molar-refractivity contribution >= 4 is 27.3 Å². The lowest BCUT2D eigenvalue weighted by Crippen LogP contribution is -1.99. The summed E-state index contributed by atoms with van der Waals surface area (Å²) in [6.07, 6.45) is -0.542. The van der Waals surface area contributed by atoms with E-state index in [1.807, 2.05) is 43.5 Å². The normalized spacial score (nSPS) is 12.8. The van der Waals surface area contributed by atoms with E-state index < -0.39 is 6.10 Å². The zero-order chi connectivity index (χ0) is 11.7. The van der Waals surface area contributed by atoms with Gasteiger partial charge >= 0.3 is 0 Å². The molecule has 1 N–H and O–H groups in total. The predicted octanol–water partition coefficient (Wildman–Crippen LogP) is 4.21. The molecule has 0 aliphatic carbocycles. The highest BCUT2D eigenvalue weighted by molar-refractivity contribution is 9.10. The van der Waals surface area contributed by atoms with Gasteiger partial charge in [0.05, 0.1) is 0 Å². The summed E-state index contributed by atoms with van der Waals surface area (Å²) in [5.41, 5.74) is 3.05. The third-order valence-corrected chi connectivity index (χ3v) is 4.11. The molecule has 0 aliphatic heterocycles. The van der Waals surface area contributed by atoms with Gasteiger partial charge in [-0.15, -0.1) is 11.3 Å². The van der Waals surface area contributed by atoms with Gasteiger partial charge < -0.3 is 5.11 Å². The van der Waals surface area contributed by atoms with Crippen LogP contribution < -0.4 is 0 Å². The molecule has 0 saturated heterocycles. The van der Waals surface area contributed by atoms with Gasteiger partial charge in [-0.25, -0.2) is 0 Å². The maximum absolute atomic E-state index is 10.3. The summed E-state index contributed by atoms with van der Waals surface area (Å²) in [5.74, 6) is 0. The molecule has 1 heterocycles. The molecular formula is C13H13BrOS. The van der Waals surface area contributed by atoms with Crippen LogP contribution in [0.2, 0.25) is 0 Å². The molecule has 0 spiro atoms. The van der Waals surface area contributed by atoms with Crippen LogP contribution in [0.1, 0.15) is 27.7 Å². The van der Waals surface area contributed by atoms with E-state index in [-0.39, 0.29) is 0 Å². The van der Waals surface area contributed by atoms with Crippen LogP contribution in [0.25, 0.3) is 0 Å². The van der Waals surface area contributed by atoms with Gasteiger partial charge in [0.15, 0.2) is 0 Å². The van der Waals surface area contributed by atoms with Gasteiger partial charge in [0.1, 0.15) is 6.10 Å². The quantitative estimate of drug-likeness (QED) is 0.880. The number of aliphatic hydroxyl groups excluding tert-OH is 1. The van der Waals surface area contributed by atoms with Crippen LogP contribution in [0.3, 0.4) is 0 Å². The number of aliphatic hydroxyl groups is 1. The van der Waals surface area contributed by atoms with Crippen molar-refractivity contribution in [2.45, 2.75) is 20.0 Å². The van der Waals surface area contributed by atoms with Crippen molar-refractivity contribution < 1.29 is 5.11 Å². The number of benzene rings is 1. The molecular weight excluding hydrogens is 284 g/mol. The Morgan fingerprint density at radius 2 is 2.00 bits per heavy atom. The molecule has 1 unspecified atom stereocenters. The van der Waals surface area contributed by atoms with Gasteiger partial charge in [0, 0.05) is 9.35 Å². The zero-order valence-corrected chi connectivity index (χ0v) is 11.6. The van der Waals surface area contributed by atoms with Crippen molar-refractivity contribution in [2.24, 2.45) is 0 Å². The Bertz CT molecular complexity index is 504. The van der Waals surface area contributed by atoms with Crippen LogP contribution in [0.4, 0.5) is 0 Å². The van der Waals surface area contributed by atoms with E-state index in [4.69, 9.17) is 0 Å². The Labute approximate surface area is 108 Å². The summed E-state index contributed by atoms with van der Waals surface area (Å²) in [4.78, 5) is 1.22. The molecule has 1 atom stereocenters. The lowest BCUT2D eigenvalue weighted by molar-refractivity contribution is 0.220. The molecule has 2 aromatic rings. The number of hydrogen-bond donors (Lipinski definition) is 1. The van der Waals surface area contributed by atoms with E-state index in [9.17, 15) is 5.11 Å². The Morgan fingerprint density at radius 3 is 2.62 bits per heavy atom. The maximum atomic E-state index is 10.3. The zero-order valence-electron chi connectivity index (χ0n) is 9.20. The Morgan fingerprint density at radius 1 is 1.25 bits per heavy atom. The SMILES string of the molecule is Cc1ccc(Br)c(C(O)c2csc(C)c2)c1. The van der Waals surface area contributed by atoms with Crippen LogP contribution in [0.5, 0.6) is 0 Å². The Kier molecular flexibility index (Phi) is 3.47. The van der Waals surface area contributed by atoms with Crippen LogP contribution in [0, 0.1) is 13.8 Å². The Balaban J connectivity index is 2.40. The number of aryl methyl sites for hydroxylation is 2. The Hall–Kier alpha value is -0.640. The first kappa shape index (κ1) is 11.8. The molecule has 0 bridgehead atoms. The van der Waals surface area contributed by atoms with Crippen LogP contribution in [-0.2, 0) is 0 Å². The first-order chi connectivity index (χ1) is 7.58. The summed E-state index contributed by atoms with van der Waals surface area (Å²) in [6.45, 7) is 4.08. The van der Waals surface area contributed by atoms with Crippen molar-refractivity contribution in [3.8, 4) is 0 Å². The number of halogens is 1. The molecule has 1 nitrogen and oxygen atoms in total. The fraction of sp³-hybridized carbons (Fsp3) is 0.231. The average molecular weight is 297 g/mol. The van der Waals surface area contributed by atoms with Crippen molar-refractivity contribution in [2.75, 3.05) is 0 Å². The van der Waals surface area contributed by atoms with Crippen LogP contribution in [-0.4, -0.2) is 5.11 Å². The van der Waals surface area contributed by atoms with E-state index in [0.717, 1.165) is 21.2 Å². The lowest BCUT2D eigenvalue weighted by atomic mass is 10.0. The van der Waals surface area contributed by atoms with Crippen molar-refractivity contribution in [3.63, 3.8) is 0 Å². The lowest BCUT2D eigenvalue weighted by Gasteiger charge is -2.12. The summed E-state index contributed by atoms with van der Waals surface area (Å²) in [5, 5.41) is 12.3. The molecule has 0 radical (unpaired) electrons. The van der Waals surface area contributed by atoms with Crippen molar-refractivity contribution in [1.82, 2.24) is 0 Å². The summed E-state index contributed by atoms with van der Waals surface area (Å²) in [7, 11) is 0. The van der Waals surface area contributed by atoms with Gasteiger partial charge in [-0.2, -0.15) is 0 Å². The molecule has 0 saturated carbocycles. The molecule has 3 heteroatoms. The number of hydrogen-bond acceptors (Lipinski definition) is 2. The number of rotatable bonds is 2. The van der Waals surface area contributed by atoms with Gasteiger partial charge in [-0.1, -0.05) is 33.6 Å². The highest BCUT2D eigenvalue weighted by atomic mass is 79.9. The second-order valence-corrected chi connectivity index (χ2v) is 5.89. The molecule has 2 rings (SSSR count). The molecule has 0 fully saturated rings. The topological polar surface area (TPSA) is 20.2 Å². The maximum Gasteiger partial charge on any atom is 0.106 e. The van der Waals surface area contributed by atoms with Gasteiger partial charge in [0.25, 0.3) is 0 Å². The fourth-order valence-electron chi connectivity index (χ4n) is 1.66. The highest BCUT2D eigenvalue weighted by Gasteiger charge is 2.14. The van der Waals surface area contributed by atoms with E-state index in [2.05, 4.69) is 15.9 Å². The monoisotopic (exact) mass is 296 g/mol. The molecule has 1 aromatic heterocycles. The van der Waals surface area contributed by atoms with Gasteiger partial charge in [-0.3, -0.25) is 0 Å². The molecule has 0 amide bonds. The predicted molar refractivity (Wildman–Crippen MR) is 72.0 cm³/mol. The first-order valence-electron chi connectivity index (χ1n) is 5.07. The van der Waals surface area contributed by atoms with Crippen LogP contribution >= 0.6 is 27.3 Å². The van der Waals surface area contributed by atoms with E-state index in [0.29, 0.717) is 0 Å². The van der Waals surface area contributed by atoms with E-state index in [1.165, 1.54) is 4.88 Å². The minimum atomic E-state index is -0.542. The van der Waals surface area contributed by atoms with Gasteiger partial charge in [-0.05, 0) is 42.5 Å². The minimum absolute atomic E-state index is 0.542. The molecule has 0 aliphatic rings. The smallest absolute Gasteiger partial charge is 0.106 e. The summed E-state index contributed by atoms with van der Waals surface area (Å²) >= 11 is 5.14. The largest absolute Gasteiger partial charge is 0.384 e. The first-order valence-corrected chi connectivity index (χ1v) is 6.74. The molecule has 16 heavy (non-hydrogen) atoms. The standard InChI is InChI=1S/C13H13BrOS/c1-8-3-4-12(14)11(5-8)13(15)10-6-9(2)16-7-10/h3-7,13,15H,1-2H3. The highest BCUT2D eigenvalue weighted by Crippen LogP contribution is 2.31. The van der Waals surface area contributed by atoms with Gasteiger partial charge in [0.2, 0.25) is 0 Å².